The molecule has 6 N–H and O–H groups in total. The lowest BCUT2D eigenvalue weighted by Gasteiger charge is -2.50. The van der Waals surface area contributed by atoms with Crippen molar-refractivity contribution in [1.82, 2.24) is 5.32 Å². The third kappa shape index (κ3) is 10.3. The zero-order valence-corrected chi connectivity index (χ0v) is 33.1. The highest BCUT2D eigenvalue weighted by molar-refractivity contribution is 7.49. The van der Waals surface area contributed by atoms with Gasteiger partial charge in [0.1, 0.15) is 30.5 Å². The molecule has 0 aromatic heterocycles. The van der Waals surface area contributed by atoms with Crippen LogP contribution in [0.4, 0.5) is 4.79 Å². The second-order valence-electron chi connectivity index (χ2n) is 15.9. The van der Waals surface area contributed by atoms with Crippen molar-refractivity contribution in [1.29, 1.82) is 0 Å². The van der Waals surface area contributed by atoms with Crippen molar-refractivity contribution >= 4 is 25.8 Å². The van der Waals surface area contributed by atoms with Crippen molar-refractivity contribution in [3.63, 3.8) is 0 Å². The predicted molar refractivity (Wildman–Crippen MR) is 197 cm³/mol. The van der Waals surface area contributed by atoms with Crippen molar-refractivity contribution in [2.75, 3.05) is 33.0 Å². The average molecular weight is 782 g/mol. The lowest BCUT2D eigenvalue weighted by molar-refractivity contribution is -0.163. The third-order valence-corrected chi connectivity index (χ3v) is 13.3. The summed E-state index contributed by atoms with van der Waals surface area (Å²) in [6.45, 7) is 9.98. The summed E-state index contributed by atoms with van der Waals surface area (Å²) in [6.07, 6.45) is 2.83. The summed E-state index contributed by atoms with van der Waals surface area (Å²) in [6, 6.07) is 5.37. The van der Waals surface area contributed by atoms with Crippen LogP contribution in [0.1, 0.15) is 96.6 Å². The number of esters is 1. The van der Waals surface area contributed by atoms with E-state index in [1.807, 2.05) is 12.1 Å². The minimum Gasteiger partial charge on any atom is -0.460 e. The van der Waals surface area contributed by atoms with Crippen molar-refractivity contribution < 1.29 is 56.6 Å². The fourth-order valence-corrected chi connectivity index (χ4v) is 10.7. The number of aryl methyl sites for hydroxylation is 1. The first-order chi connectivity index (χ1) is 25.6. The number of rotatable bonds is 17. The minimum absolute atomic E-state index is 0.103. The van der Waals surface area contributed by atoms with Crippen molar-refractivity contribution in [2.24, 2.45) is 34.6 Å². The van der Waals surface area contributed by atoms with Gasteiger partial charge in [-0.3, -0.25) is 13.8 Å². The van der Waals surface area contributed by atoms with Crippen molar-refractivity contribution in [3.05, 3.63) is 29.3 Å². The molecular formula is C38H60N3O12P. The van der Waals surface area contributed by atoms with Crippen molar-refractivity contribution in [3.8, 4) is 5.75 Å². The average Bonchev–Trinajstić information content (AvgIpc) is 3.41. The van der Waals surface area contributed by atoms with Crippen LogP contribution < -0.4 is 21.3 Å². The molecule has 2 amide bonds. The Hall–Kier alpha value is -2.78. The normalized spacial score (nSPS) is 30.6. The van der Waals surface area contributed by atoms with E-state index in [2.05, 4.69) is 18.3 Å². The van der Waals surface area contributed by atoms with Gasteiger partial charge in [0.25, 0.3) is 0 Å². The molecule has 15 nitrogen and oxygen atoms in total. The quantitative estimate of drug-likeness (QED) is 0.0974. The van der Waals surface area contributed by atoms with Gasteiger partial charge in [0.2, 0.25) is 5.91 Å². The van der Waals surface area contributed by atoms with E-state index in [-0.39, 0.29) is 56.7 Å². The van der Waals surface area contributed by atoms with Gasteiger partial charge in [-0.1, -0.05) is 13.0 Å². The molecule has 0 radical (unpaired) electrons. The number of amides is 2. The molecule has 1 aromatic rings. The number of aliphatic hydroxyl groups is 1. The number of aliphatic hydroxyl groups excluding tert-OH is 1. The van der Waals surface area contributed by atoms with Crippen LogP contribution in [0.15, 0.2) is 18.2 Å². The number of alkyl carbamates (subject to hydrolysis) is 1. The molecule has 16 heteroatoms. The number of ether oxygens (including phenoxy) is 4. The van der Waals surface area contributed by atoms with Gasteiger partial charge in [-0.15, -0.1) is 0 Å². The SMILES string of the molecule is CC(C)OP(=O)(Oc1ccc2c(c1)CCC1C2CCC2(C)C(OC(=O)COCCOCCNC(=O)OC3CCC(N)C(O)C3C(N)=O)CCC12)OC(C)C. The first-order valence-corrected chi connectivity index (χ1v) is 20.9. The summed E-state index contributed by atoms with van der Waals surface area (Å²) in [5, 5.41) is 12.7. The van der Waals surface area contributed by atoms with Crippen LogP contribution in [0.5, 0.6) is 5.75 Å². The van der Waals surface area contributed by atoms with E-state index in [1.54, 1.807) is 27.7 Å². The van der Waals surface area contributed by atoms with Crippen LogP contribution in [0.3, 0.4) is 0 Å². The molecule has 3 saturated carbocycles. The largest absolute Gasteiger partial charge is 0.530 e. The van der Waals surface area contributed by atoms with Gasteiger partial charge >= 0.3 is 19.9 Å². The molecule has 0 saturated heterocycles. The molecule has 0 heterocycles. The number of benzene rings is 1. The highest BCUT2D eigenvalue weighted by Crippen LogP contribution is 2.62. The molecule has 0 aliphatic heterocycles. The van der Waals surface area contributed by atoms with Gasteiger partial charge in [-0.05, 0) is 120 Å². The molecule has 0 bridgehead atoms. The molecule has 9 unspecified atom stereocenters. The van der Waals surface area contributed by atoms with Crippen LogP contribution >= 0.6 is 7.82 Å². The molecule has 3 fully saturated rings. The Bertz CT molecular complexity index is 1500. The van der Waals surface area contributed by atoms with Crippen LogP contribution in [0.25, 0.3) is 0 Å². The molecule has 1 aromatic carbocycles. The number of phosphoric acid groups is 1. The fourth-order valence-electron chi connectivity index (χ4n) is 9.12. The highest BCUT2D eigenvalue weighted by atomic mass is 31.2. The first kappa shape index (κ1) is 42.4. The van der Waals surface area contributed by atoms with E-state index in [9.17, 15) is 24.1 Å². The van der Waals surface area contributed by atoms with Crippen molar-refractivity contribution in [2.45, 2.75) is 128 Å². The lowest BCUT2D eigenvalue weighted by atomic mass is 9.55. The maximum absolute atomic E-state index is 13.3. The molecular weight excluding hydrogens is 721 g/mol. The minimum atomic E-state index is -3.78. The Morgan fingerprint density at radius 2 is 1.69 bits per heavy atom. The first-order valence-electron chi connectivity index (χ1n) is 19.4. The van der Waals surface area contributed by atoms with E-state index in [1.165, 1.54) is 11.1 Å². The number of nitrogens with one attached hydrogen (secondary N) is 1. The number of fused-ring (bicyclic) bond motifs is 5. The smallest absolute Gasteiger partial charge is 0.460 e. The number of primary amides is 1. The fraction of sp³-hybridized carbons (Fsp3) is 0.763. The molecule has 54 heavy (non-hydrogen) atoms. The number of carbonyl (C=O) groups is 3. The highest BCUT2D eigenvalue weighted by Gasteiger charge is 2.56. The standard InChI is InChI=1S/C38H60N3O12P/c1-22(2)51-54(46,52-23(3)4)53-25-7-9-26-24(20-25)6-8-28-27(26)14-15-38(5)29(28)10-13-32(38)50-33(42)21-48-19-18-47-17-16-41-37(45)49-31-12-11-30(39)35(43)34(31)36(40)44/h7,9,20,22-23,27-32,34-35,43H,6,8,10-19,21,39H2,1-5H3,(H2,40,44)(H,41,45). The summed E-state index contributed by atoms with van der Waals surface area (Å²) >= 11 is 0. The number of carbonyl (C=O) groups excluding carboxylic acids is 3. The number of hydrogen-bond acceptors (Lipinski definition) is 13. The summed E-state index contributed by atoms with van der Waals surface area (Å²) in [5.41, 5.74) is 13.6. The molecule has 0 spiro atoms. The summed E-state index contributed by atoms with van der Waals surface area (Å²) in [4.78, 5) is 36.8. The molecule has 4 aliphatic carbocycles. The zero-order valence-electron chi connectivity index (χ0n) is 32.2. The van der Waals surface area contributed by atoms with Gasteiger partial charge < -0.3 is 45.4 Å². The molecule has 304 valence electrons. The Morgan fingerprint density at radius 1 is 0.963 bits per heavy atom. The van der Waals surface area contributed by atoms with Crippen LogP contribution in [-0.4, -0.2) is 92.6 Å². The predicted octanol–water partition coefficient (Wildman–Crippen LogP) is 4.50. The number of hydrogen-bond donors (Lipinski definition) is 4. The zero-order chi connectivity index (χ0) is 39.2. The molecule has 5 rings (SSSR count). The Labute approximate surface area is 318 Å². The summed E-state index contributed by atoms with van der Waals surface area (Å²) < 4.78 is 52.7. The summed E-state index contributed by atoms with van der Waals surface area (Å²) in [5.74, 6) is -0.406. The Balaban J connectivity index is 1.01. The van der Waals surface area contributed by atoms with Gasteiger partial charge in [-0.2, -0.15) is 0 Å². The maximum Gasteiger partial charge on any atom is 0.530 e. The van der Waals surface area contributed by atoms with E-state index in [0.717, 1.165) is 38.5 Å². The second-order valence-corrected chi connectivity index (χ2v) is 17.4. The Kier molecular flexibility index (Phi) is 14.5. The Morgan fingerprint density at radius 3 is 2.39 bits per heavy atom. The third-order valence-electron chi connectivity index (χ3n) is 11.5. The van der Waals surface area contributed by atoms with E-state index in [0.29, 0.717) is 36.3 Å². The van der Waals surface area contributed by atoms with E-state index < -0.39 is 50.0 Å². The maximum atomic E-state index is 13.3. The second kappa shape index (κ2) is 18.4. The van der Waals surface area contributed by atoms with Gasteiger partial charge in [-0.25, -0.2) is 14.2 Å². The van der Waals surface area contributed by atoms with Gasteiger partial charge in [0.05, 0.1) is 38.1 Å². The van der Waals surface area contributed by atoms with E-state index in [4.69, 9.17) is 44.0 Å². The van der Waals surface area contributed by atoms with Crippen LogP contribution in [-0.2, 0) is 48.6 Å². The van der Waals surface area contributed by atoms with Crippen LogP contribution in [0.2, 0.25) is 0 Å². The molecule has 4 aliphatic rings. The number of nitrogens with two attached hydrogens (primary N) is 2. The van der Waals surface area contributed by atoms with Gasteiger partial charge in [0.15, 0.2) is 0 Å². The number of phosphoric ester groups is 1. The topological polar surface area (TPSA) is 217 Å². The monoisotopic (exact) mass is 781 g/mol. The van der Waals surface area contributed by atoms with Gasteiger partial charge in [0, 0.05) is 18.0 Å². The lowest BCUT2D eigenvalue weighted by Crippen LogP contribution is -2.55. The molecule has 9 atom stereocenters. The summed E-state index contributed by atoms with van der Waals surface area (Å²) in [7, 11) is -3.78. The van der Waals surface area contributed by atoms with Crippen LogP contribution in [0, 0.1) is 23.2 Å². The van der Waals surface area contributed by atoms with E-state index >= 15 is 0 Å².